The van der Waals surface area contributed by atoms with Gasteiger partial charge in [-0.15, -0.1) is 0 Å². The van der Waals surface area contributed by atoms with Crippen LogP contribution >= 0.6 is 15.9 Å². The van der Waals surface area contributed by atoms with Crippen molar-refractivity contribution in [2.24, 2.45) is 0 Å². The largest absolute Gasteiger partial charge is 0.494 e. The van der Waals surface area contributed by atoms with Gasteiger partial charge in [-0.25, -0.2) is 4.98 Å². The van der Waals surface area contributed by atoms with Gasteiger partial charge in [0.25, 0.3) is 5.91 Å². The Balaban J connectivity index is 2.01. The first-order valence-electron chi connectivity index (χ1n) is 4.63. The highest BCUT2D eigenvalue weighted by Gasteiger charge is 2.14. The Hall–Kier alpha value is -1.56. The van der Waals surface area contributed by atoms with E-state index in [0.717, 1.165) is 0 Å². The average molecular weight is 285 g/mol. The first-order chi connectivity index (χ1) is 7.75. The number of carbonyl (C=O) groups is 1. The summed E-state index contributed by atoms with van der Waals surface area (Å²) in [6, 6.07) is 3.47. The van der Waals surface area contributed by atoms with Gasteiger partial charge in [-0.1, -0.05) is 0 Å². The van der Waals surface area contributed by atoms with Gasteiger partial charge in [-0.3, -0.25) is 4.79 Å². The summed E-state index contributed by atoms with van der Waals surface area (Å²) in [5, 5.41) is 2.64. The Labute approximate surface area is 101 Å². The van der Waals surface area contributed by atoms with Gasteiger partial charge in [0.1, 0.15) is 24.1 Å². The number of nitrogens with zero attached hydrogens (tertiary/aromatic N) is 1. The van der Waals surface area contributed by atoms with Crippen molar-refractivity contribution in [1.82, 2.24) is 4.98 Å². The molecule has 1 N–H and O–H groups in total. The van der Waals surface area contributed by atoms with E-state index in [0.29, 0.717) is 23.5 Å². The minimum absolute atomic E-state index is 0.175. The molecule has 2 heterocycles. The number of hydrogen-bond acceptors (Lipinski definition) is 4. The molecule has 1 aliphatic heterocycles. The molecule has 0 unspecified atom stereocenters. The molecule has 0 aromatic carbocycles. The number of rotatable bonds is 2. The van der Waals surface area contributed by atoms with Gasteiger partial charge >= 0.3 is 0 Å². The van der Waals surface area contributed by atoms with E-state index < -0.39 is 0 Å². The summed E-state index contributed by atoms with van der Waals surface area (Å²) in [6.07, 6.45) is 2.86. The smallest absolute Gasteiger partial charge is 0.294 e. The van der Waals surface area contributed by atoms with Gasteiger partial charge in [0, 0.05) is 0 Å². The second kappa shape index (κ2) is 4.98. The maximum absolute atomic E-state index is 11.6. The van der Waals surface area contributed by atoms with Crippen LogP contribution in [0.4, 0.5) is 5.69 Å². The SMILES string of the molecule is O=C(Nc1ccc(Br)nc1)C1=COCCO1. The zero-order valence-corrected chi connectivity index (χ0v) is 9.86. The molecule has 1 amide bonds. The molecule has 0 bridgehead atoms. The number of carbonyl (C=O) groups excluding carboxylic acids is 1. The predicted molar refractivity (Wildman–Crippen MR) is 60.6 cm³/mol. The Morgan fingerprint density at radius 2 is 2.31 bits per heavy atom. The molecule has 0 saturated heterocycles. The number of anilines is 1. The van der Waals surface area contributed by atoms with Crippen LogP contribution in [0.1, 0.15) is 0 Å². The molecule has 0 spiro atoms. The highest BCUT2D eigenvalue weighted by Crippen LogP contribution is 2.12. The summed E-state index contributed by atoms with van der Waals surface area (Å²) >= 11 is 3.21. The Bertz CT molecular complexity index is 417. The summed E-state index contributed by atoms with van der Waals surface area (Å²) in [5.41, 5.74) is 0.600. The van der Waals surface area contributed by atoms with Crippen LogP contribution in [0.3, 0.4) is 0 Å². The second-order valence-corrected chi connectivity index (χ2v) is 3.84. The molecule has 1 aliphatic rings. The van der Waals surface area contributed by atoms with E-state index in [4.69, 9.17) is 9.47 Å². The van der Waals surface area contributed by atoms with Gasteiger partial charge in [-0.2, -0.15) is 0 Å². The first kappa shape index (κ1) is 10.9. The highest BCUT2D eigenvalue weighted by molar-refractivity contribution is 9.10. The lowest BCUT2D eigenvalue weighted by Crippen LogP contribution is -2.21. The Kier molecular flexibility index (Phi) is 3.40. The molecule has 6 heteroatoms. The van der Waals surface area contributed by atoms with Gasteiger partial charge < -0.3 is 14.8 Å². The van der Waals surface area contributed by atoms with Crippen LogP contribution < -0.4 is 5.32 Å². The minimum atomic E-state index is -0.344. The number of amides is 1. The van der Waals surface area contributed by atoms with Crippen LogP contribution in [0, 0.1) is 0 Å². The summed E-state index contributed by atoms with van der Waals surface area (Å²) in [6.45, 7) is 0.856. The maximum Gasteiger partial charge on any atom is 0.294 e. The lowest BCUT2D eigenvalue weighted by molar-refractivity contribution is -0.117. The third kappa shape index (κ3) is 2.73. The molecule has 16 heavy (non-hydrogen) atoms. The minimum Gasteiger partial charge on any atom is -0.494 e. The van der Waals surface area contributed by atoms with Crippen LogP contribution in [0.5, 0.6) is 0 Å². The molecule has 84 valence electrons. The molecule has 0 atom stereocenters. The van der Waals surface area contributed by atoms with Crippen LogP contribution in [-0.2, 0) is 14.3 Å². The van der Waals surface area contributed by atoms with Gasteiger partial charge in [0.15, 0.2) is 0 Å². The molecule has 1 aromatic rings. The molecule has 2 rings (SSSR count). The monoisotopic (exact) mass is 284 g/mol. The van der Waals surface area contributed by atoms with Gasteiger partial charge in [0.05, 0.1) is 11.9 Å². The van der Waals surface area contributed by atoms with Gasteiger partial charge in [0.2, 0.25) is 5.76 Å². The molecule has 5 nitrogen and oxygen atoms in total. The molecule has 1 aromatic heterocycles. The normalized spacial score (nSPS) is 14.4. The van der Waals surface area contributed by atoms with Crippen molar-refractivity contribution in [3.8, 4) is 0 Å². The quantitative estimate of drug-likeness (QED) is 0.840. The fraction of sp³-hybridized carbons (Fsp3) is 0.200. The topological polar surface area (TPSA) is 60.5 Å². The summed E-state index contributed by atoms with van der Waals surface area (Å²) in [4.78, 5) is 15.6. The van der Waals surface area contributed by atoms with E-state index >= 15 is 0 Å². The van der Waals surface area contributed by atoms with Crippen LogP contribution in [0.2, 0.25) is 0 Å². The third-order valence-corrected chi connectivity index (χ3v) is 2.33. The summed E-state index contributed by atoms with van der Waals surface area (Å²) in [7, 11) is 0. The lowest BCUT2D eigenvalue weighted by Gasteiger charge is -2.14. The number of nitrogens with one attached hydrogen (secondary N) is 1. The predicted octanol–water partition coefficient (Wildman–Crippen LogP) is 1.67. The second-order valence-electron chi connectivity index (χ2n) is 3.03. The standard InChI is InChI=1S/C10H9BrN2O3/c11-9-2-1-7(5-12-9)13-10(14)8-6-15-3-4-16-8/h1-2,5-6H,3-4H2,(H,13,14). The summed E-state index contributed by atoms with van der Waals surface area (Å²) in [5.74, 6) is -0.169. The number of halogens is 1. The number of hydrogen-bond donors (Lipinski definition) is 1. The Morgan fingerprint density at radius 3 is 2.94 bits per heavy atom. The average Bonchev–Trinajstić information content (AvgIpc) is 2.33. The fourth-order valence-corrected chi connectivity index (χ4v) is 1.36. The van der Waals surface area contributed by atoms with Crippen molar-refractivity contribution < 1.29 is 14.3 Å². The molecule has 0 aliphatic carbocycles. The van der Waals surface area contributed by atoms with Gasteiger partial charge in [-0.05, 0) is 28.1 Å². The fourth-order valence-electron chi connectivity index (χ4n) is 1.13. The van der Waals surface area contributed by atoms with E-state index in [2.05, 4.69) is 26.2 Å². The van der Waals surface area contributed by atoms with Crippen LogP contribution in [0.15, 0.2) is 35.0 Å². The highest BCUT2D eigenvalue weighted by atomic mass is 79.9. The van der Waals surface area contributed by atoms with Crippen molar-refractivity contribution in [2.45, 2.75) is 0 Å². The van der Waals surface area contributed by atoms with Crippen LogP contribution in [-0.4, -0.2) is 24.1 Å². The third-order valence-electron chi connectivity index (χ3n) is 1.86. The maximum atomic E-state index is 11.6. The van der Waals surface area contributed by atoms with E-state index in [1.54, 1.807) is 18.3 Å². The molecular weight excluding hydrogens is 276 g/mol. The first-order valence-corrected chi connectivity index (χ1v) is 5.42. The zero-order chi connectivity index (χ0) is 11.4. The molecule has 0 fully saturated rings. The van der Waals surface area contributed by atoms with Crippen molar-refractivity contribution in [2.75, 3.05) is 18.5 Å². The van der Waals surface area contributed by atoms with E-state index in [1.165, 1.54) is 6.26 Å². The lowest BCUT2D eigenvalue weighted by atomic mass is 10.4. The van der Waals surface area contributed by atoms with Crippen molar-refractivity contribution >= 4 is 27.5 Å². The Morgan fingerprint density at radius 1 is 1.44 bits per heavy atom. The van der Waals surface area contributed by atoms with E-state index in [1.807, 2.05) is 0 Å². The number of ether oxygens (including phenoxy) is 2. The molecular formula is C10H9BrN2O3. The number of pyridine rings is 1. The van der Waals surface area contributed by atoms with E-state index in [9.17, 15) is 4.79 Å². The van der Waals surface area contributed by atoms with Crippen molar-refractivity contribution in [3.05, 3.63) is 35.0 Å². The van der Waals surface area contributed by atoms with E-state index in [-0.39, 0.29) is 11.7 Å². The molecule has 0 radical (unpaired) electrons. The number of aromatic nitrogens is 1. The van der Waals surface area contributed by atoms with Crippen molar-refractivity contribution in [3.63, 3.8) is 0 Å². The van der Waals surface area contributed by atoms with Crippen molar-refractivity contribution in [1.29, 1.82) is 0 Å². The molecule has 0 saturated carbocycles. The summed E-state index contributed by atoms with van der Waals surface area (Å²) < 4.78 is 10.8. The zero-order valence-electron chi connectivity index (χ0n) is 8.27. The van der Waals surface area contributed by atoms with Crippen LogP contribution in [0.25, 0.3) is 0 Å².